The maximum absolute atomic E-state index is 14.1. The Labute approximate surface area is 208 Å². The lowest BCUT2D eigenvalue weighted by atomic mass is 9.74. The van der Waals surface area contributed by atoms with E-state index in [1.807, 2.05) is 48.0 Å². The van der Waals surface area contributed by atoms with E-state index in [1.54, 1.807) is 4.90 Å². The van der Waals surface area contributed by atoms with Crippen LogP contribution in [0.25, 0.3) is 0 Å². The van der Waals surface area contributed by atoms with Gasteiger partial charge in [0.15, 0.2) is 0 Å². The van der Waals surface area contributed by atoms with Gasteiger partial charge in [0.05, 0.1) is 17.4 Å². The van der Waals surface area contributed by atoms with Gasteiger partial charge in [-0.1, -0.05) is 51.0 Å². The second-order valence-electron chi connectivity index (χ2n) is 10.5. The van der Waals surface area contributed by atoms with Crippen molar-refractivity contribution in [3.05, 3.63) is 24.3 Å². The van der Waals surface area contributed by atoms with Crippen LogP contribution in [0.5, 0.6) is 0 Å². The van der Waals surface area contributed by atoms with E-state index >= 15 is 0 Å². The van der Waals surface area contributed by atoms with Crippen molar-refractivity contribution < 1.29 is 24.2 Å². The van der Waals surface area contributed by atoms with Crippen LogP contribution in [0.3, 0.4) is 0 Å². The van der Waals surface area contributed by atoms with Crippen LogP contribution in [0.4, 0.5) is 0 Å². The van der Waals surface area contributed by atoms with E-state index in [9.17, 15) is 19.5 Å². The number of fused-ring (bicyclic) bond motifs is 2. The maximum atomic E-state index is 14.1. The summed E-state index contributed by atoms with van der Waals surface area (Å²) in [7, 11) is 0. The number of carbonyl (C=O) groups is 3. The minimum Gasteiger partial charge on any atom is -0.396 e. The molecule has 1 N–H and O–H groups in total. The van der Waals surface area contributed by atoms with Crippen molar-refractivity contribution >= 4 is 17.7 Å². The van der Waals surface area contributed by atoms with Gasteiger partial charge in [-0.3, -0.25) is 14.4 Å². The van der Waals surface area contributed by atoms with Crippen LogP contribution in [0.15, 0.2) is 24.3 Å². The highest BCUT2D eigenvalue weighted by atomic mass is 16.5. The number of ether oxygens (including phenoxy) is 1. The van der Waals surface area contributed by atoms with Gasteiger partial charge in [0, 0.05) is 39.3 Å². The molecule has 1 unspecified atom stereocenters. The summed E-state index contributed by atoms with van der Waals surface area (Å²) in [4.78, 5) is 47.2. The largest absolute Gasteiger partial charge is 0.396 e. The molecule has 194 valence electrons. The van der Waals surface area contributed by atoms with E-state index in [0.717, 1.165) is 25.7 Å². The molecule has 0 saturated carbocycles. The van der Waals surface area contributed by atoms with E-state index in [2.05, 4.69) is 6.92 Å². The molecule has 4 aliphatic heterocycles. The highest BCUT2D eigenvalue weighted by Crippen LogP contribution is 2.57. The Kier molecular flexibility index (Phi) is 7.71. The van der Waals surface area contributed by atoms with Crippen molar-refractivity contribution in [1.82, 2.24) is 14.7 Å². The average Bonchev–Trinajstić information content (AvgIpc) is 3.09. The predicted molar refractivity (Wildman–Crippen MR) is 132 cm³/mol. The van der Waals surface area contributed by atoms with Crippen molar-refractivity contribution in [1.29, 1.82) is 0 Å². The van der Waals surface area contributed by atoms with Crippen molar-refractivity contribution in [2.45, 2.75) is 76.5 Å². The van der Waals surface area contributed by atoms with Crippen LogP contribution < -0.4 is 0 Å². The molecule has 35 heavy (non-hydrogen) atoms. The number of aliphatic hydroxyl groups excluding tert-OH is 1. The Morgan fingerprint density at radius 3 is 2.23 bits per heavy atom. The summed E-state index contributed by atoms with van der Waals surface area (Å²) in [5, 5.41) is 9.32. The Morgan fingerprint density at radius 2 is 1.54 bits per heavy atom. The first-order chi connectivity index (χ1) is 16.8. The Balaban J connectivity index is 1.76. The lowest BCUT2D eigenvalue weighted by molar-refractivity contribution is -0.152. The SMILES string of the molecule is CCCCCN1CC=C[C@]23O[C@]4(C)C=CCN(CCC)C(=O)[C@@H]4[C@H]2C(=O)N(CCCCO)C3C1=O. The van der Waals surface area contributed by atoms with Crippen LogP contribution in [-0.4, -0.2) is 94.1 Å². The molecule has 2 fully saturated rings. The number of rotatable bonds is 10. The molecule has 1 spiro atoms. The standard InChI is InChI=1S/C27H41N3O5/c1-4-6-7-15-29-17-11-13-27-21(24(33)30(18-8-9-19-31)22(27)25(29)34)20-23(32)28(14-5-2)16-10-12-26(20,3)35-27/h10-13,20-22,31H,4-9,14-19H2,1-3H3/t20-,21-,22?,26+,27-/m0/s1. The van der Waals surface area contributed by atoms with Gasteiger partial charge in [-0.05, 0) is 32.6 Å². The molecule has 3 amide bonds. The average molecular weight is 488 g/mol. The van der Waals surface area contributed by atoms with Crippen molar-refractivity contribution in [3.8, 4) is 0 Å². The summed E-state index contributed by atoms with van der Waals surface area (Å²) in [6, 6.07) is -0.802. The van der Waals surface area contributed by atoms with E-state index in [-0.39, 0.29) is 24.3 Å². The number of likely N-dealkylation sites (tertiary alicyclic amines) is 1. The molecular formula is C27H41N3O5. The van der Waals surface area contributed by atoms with Gasteiger partial charge in [-0.15, -0.1) is 0 Å². The molecule has 0 bridgehead atoms. The minimum atomic E-state index is -1.18. The minimum absolute atomic E-state index is 0.0325. The van der Waals surface area contributed by atoms with Gasteiger partial charge < -0.3 is 24.5 Å². The zero-order chi connectivity index (χ0) is 25.2. The fraction of sp³-hybridized carbons (Fsp3) is 0.741. The lowest BCUT2D eigenvalue weighted by Crippen LogP contribution is -2.56. The second-order valence-corrected chi connectivity index (χ2v) is 10.5. The van der Waals surface area contributed by atoms with Crippen LogP contribution in [0.1, 0.15) is 59.3 Å². The molecule has 4 heterocycles. The molecule has 4 rings (SSSR count). The summed E-state index contributed by atoms with van der Waals surface area (Å²) in [5.41, 5.74) is -2.14. The number of nitrogens with zero attached hydrogens (tertiary/aromatic N) is 3. The molecule has 0 aromatic heterocycles. The molecule has 8 heteroatoms. The Bertz CT molecular complexity index is 888. The molecular weight excluding hydrogens is 446 g/mol. The molecule has 4 aliphatic rings. The third kappa shape index (κ3) is 4.33. The highest BCUT2D eigenvalue weighted by molar-refractivity contribution is 6.00. The fourth-order valence-corrected chi connectivity index (χ4v) is 6.48. The molecule has 2 saturated heterocycles. The van der Waals surface area contributed by atoms with E-state index < -0.39 is 29.1 Å². The fourth-order valence-electron chi connectivity index (χ4n) is 6.48. The normalized spacial score (nSPS) is 34.2. The first-order valence-electron chi connectivity index (χ1n) is 13.4. The number of hydrogen-bond acceptors (Lipinski definition) is 5. The smallest absolute Gasteiger partial charge is 0.249 e. The van der Waals surface area contributed by atoms with Crippen LogP contribution >= 0.6 is 0 Å². The monoisotopic (exact) mass is 487 g/mol. The third-order valence-electron chi connectivity index (χ3n) is 8.06. The molecule has 0 aromatic carbocycles. The second kappa shape index (κ2) is 10.4. The summed E-state index contributed by atoms with van der Waals surface area (Å²) < 4.78 is 6.80. The summed E-state index contributed by atoms with van der Waals surface area (Å²) >= 11 is 0. The maximum Gasteiger partial charge on any atom is 0.249 e. The molecule has 0 aliphatic carbocycles. The van der Waals surface area contributed by atoms with Gasteiger partial charge in [0.2, 0.25) is 17.7 Å². The highest BCUT2D eigenvalue weighted by Gasteiger charge is 2.74. The van der Waals surface area contributed by atoms with Crippen molar-refractivity contribution in [3.63, 3.8) is 0 Å². The van der Waals surface area contributed by atoms with Gasteiger partial charge in [-0.2, -0.15) is 0 Å². The van der Waals surface area contributed by atoms with Crippen molar-refractivity contribution in [2.75, 3.05) is 39.3 Å². The van der Waals surface area contributed by atoms with Gasteiger partial charge in [-0.25, -0.2) is 0 Å². The Hall–Kier alpha value is -2.19. The quantitative estimate of drug-likeness (QED) is 0.377. The number of hydrogen-bond donors (Lipinski definition) is 1. The predicted octanol–water partition coefficient (Wildman–Crippen LogP) is 2.13. The van der Waals surface area contributed by atoms with Gasteiger partial charge in [0.1, 0.15) is 11.6 Å². The van der Waals surface area contributed by atoms with E-state index in [1.165, 1.54) is 0 Å². The zero-order valence-corrected chi connectivity index (χ0v) is 21.4. The first-order valence-corrected chi connectivity index (χ1v) is 13.4. The molecule has 0 aromatic rings. The van der Waals surface area contributed by atoms with Gasteiger partial charge in [0.25, 0.3) is 0 Å². The number of unbranched alkanes of at least 4 members (excludes halogenated alkanes) is 3. The summed E-state index contributed by atoms with van der Waals surface area (Å²) in [5.74, 6) is -1.80. The molecule has 5 atom stereocenters. The number of aliphatic hydroxyl groups is 1. The first kappa shape index (κ1) is 25.9. The summed E-state index contributed by atoms with van der Waals surface area (Å²) in [6.07, 6.45) is 12.7. The molecule has 8 nitrogen and oxygen atoms in total. The lowest BCUT2D eigenvalue weighted by Gasteiger charge is -2.37. The Morgan fingerprint density at radius 1 is 0.857 bits per heavy atom. The van der Waals surface area contributed by atoms with Crippen LogP contribution in [0, 0.1) is 11.8 Å². The third-order valence-corrected chi connectivity index (χ3v) is 8.06. The van der Waals surface area contributed by atoms with Crippen LogP contribution in [0.2, 0.25) is 0 Å². The molecule has 0 radical (unpaired) electrons. The number of carbonyl (C=O) groups excluding carboxylic acids is 3. The van der Waals surface area contributed by atoms with Crippen LogP contribution in [-0.2, 0) is 19.1 Å². The van der Waals surface area contributed by atoms with E-state index in [0.29, 0.717) is 45.6 Å². The zero-order valence-electron chi connectivity index (χ0n) is 21.4. The van der Waals surface area contributed by atoms with E-state index in [4.69, 9.17) is 4.74 Å². The topological polar surface area (TPSA) is 90.4 Å². The number of amides is 3. The van der Waals surface area contributed by atoms with Crippen molar-refractivity contribution in [2.24, 2.45) is 11.8 Å². The van der Waals surface area contributed by atoms with Gasteiger partial charge >= 0.3 is 0 Å². The summed E-state index contributed by atoms with van der Waals surface area (Å²) in [6.45, 7) is 8.67.